The minimum absolute atomic E-state index is 0.0371. The summed E-state index contributed by atoms with van der Waals surface area (Å²) < 4.78 is 0. The van der Waals surface area contributed by atoms with E-state index in [1.165, 1.54) is 12.1 Å². The zero-order valence-corrected chi connectivity index (χ0v) is 12.8. The molecule has 0 unspecified atom stereocenters. The molecule has 1 aromatic rings. The summed E-state index contributed by atoms with van der Waals surface area (Å²) >= 11 is 3.81. The van der Waals surface area contributed by atoms with Crippen molar-refractivity contribution in [2.75, 3.05) is 30.7 Å². The van der Waals surface area contributed by atoms with Crippen molar-refractivity contribution in [2.24, 2.45) is 11.5 Å². The molecular formula is C13H20N4O4S. The Kier molecular flexibility index (Phi) is 10.4. The van der Waals surface area contributed by atoms with Crippen molar-refractivity contribution in [1.29, 1.82) is 0 Å². The first kappa shape index (κ1) is 19.9. The van der Waals surface area contributed by atoms with Gasteiger partial charge in [-0.05, 0) is 18.2 Å². The number of benzene rings is 1. The molecule has 1 aromatic carbocycles. The number of nitrogens with two attached hydrogens (primary N) is 2. The van der Waals surface area contributed by atoms with Crippen LogP contribution in [0.1, 0.15) is 10.4 Å². The van der Waals surface area contributed by atoms with Gasteiger partial charge < -0.3 is 27.2 Å². The number of carbonyl (C=O) groups is 3. The van der Waals surface area contributed by atoms with Gasteiger partial charge in [-0.3, -0.25) is 14.4 Å². The SMILES string of the molecule is NCCN.O=C(O)CNC(=O)c1cccc(NC(=O)CS)c1. The standard InChI is InChI=1S/C11H12N2O4S.C2H8N2/c14-9(6-18)13-8-3-1-2-7(4-8)11(17)12-5-10(15)16;3-1-2-4/h1-4,18H,5-6H2,(H,12,17)(H,13,14)(H,15,16);1-4H2. The Labute approximate surface area is 133 Å². The van der Waals surface area contributed by atoms with Crippen molar-refractivity contribution in [2.45, 2.75) is 0 Å². The maximum atomic E-state index is 11.6. The normalized spacial score (nSPS) is 9.23. The Balaban J connectivity index is 0.000000980. The Morgan fingerprint density at radius 2 is 1.82 bits per heavy atom. The number of amides is 2. The van der Waals surface area contributed by atoms with Gasteiger partial charge in [0.05, 0.1) is 5.75 Å². The van der Waals surface area contributed by atoms with Crippen LogP contribution in [-0.2, 0) is 9.59 Å². The van der Waals surface area contributed by atoms with Crippen LogP contribution in [-0.4, -0.2) is 48.3 Å². The molecule has 0 spiro atoms. The fraction of sp³-hybridized carbons (Fsp3) is 0.308. The number of aliphatic carboxylic acids is 1. The van der Waals surface area contributed by atoms with Crippen molar-refractivity contribution in [3.05, 3.63) is 29.8 Å². The molecule has 0 heterocycles. The molecule has 7 N–H and O–H groups in total. The van der Waals surface area contributed by atoms with E-state index in [0.29, 0.717) is 18.8 Å². The minimum Gasteiger partial charge on any atom is -0.480 e. The summed E-state index contributed by atoms with van der Waals surface area (Å²) in [6.45, 7) is 0.742. The maximum absolute atomic E-state index is 11.6. The van der Waals surface area contributed by atoms with Gasteiger partial charge in [0.2, 0.25) is 5.91 Å². The van der Waals surface area contributed by atoms with Crippen molar-refractivity contribution in [3.8, 4) is 0 Å². The Morgan fingerprint density at radius 1 is 1.18 bits per heavy atom. The van der Waals surface area contributed by atoms with Crippen LogP contribution in [0.2, 0.25) is 0 Å². The summed E-state index contributed by atoms with van der Waals surface area (Å²) in [7, 11) is 0. The largest absolute Gasteiger partial charge is 0.480 e. The molecule has 0 saturated carbocycles. The van der Waals surface area contributed by atoms with E-state index in [2.05, 4.69) is 23.3 Å². The van der Waals surface area contributed by atoms with E-state index in [-0.39, 0.29) is 17.2 Å². The Bertz CT molecular complexity index is 509. The highest BCUT2D eigenvalue weighted by Crippen LogP contribution is 2.10. The second kappa shape index (κ2) is 11.5. The van der Waals surface area contributed by atoms with Gasteiger partial charge in [0.1, 0.15) is 6.54 Å². The third kappa shape index (κ3) is 8.95. The lowest BCUT2D eigenvalue weighted by molar-refractivity contribution is -0.135. The van der Waals surface area contributed by atoms with Crippen LogP contribution in [0, 0.1) is 0 Å². The monoisotopic (exact) mass is 328 g/mol. The van der Waals surface area contributed by atoms with Crippen LogP contribution in [0.5, 0.6) is 0 Å². The van der Waals surface area contributed by atoms with Gasteiger partial charge in [0, 0.05) is 24.3 Å². The molecule has 8 nitrogen and oxygen atoms in total. The Hall–Kier alpha value is -2.10. The fourth-order valence-corrected chi connectivity index (χ4v) is 1.28. The molecule has 0 bridgehead atoms. The van der Waals surface area contributed by atoms with Gasteiger partial charge in [0.25, 0.3) is 5.91 Å². The molecule has 0 aliphatic heterocycles. The molecule has 0 atom stereocenters. The molecule has 0 fully saturated rings. The predicted octanol–water partition coefficient (Wildman–Crippen LogP) is -0.727. The van der Waals surface area contributed by atoms with E-state index in [1.807, 2.05) is 0 Å². The first-order chi connectivity index (χ1) is 10.4. The highest BCUT2D eigenvalue weighted by molar-refractivity contribution is 7.81. The molecule has 122 valence electrons. The number of anilines is 1. The number of hydrogen-bond acceptors (Lipinski definition) is 6. The van der Waals surface area contributed by atoms with Gasteiger partial charge in [-0.1, -0.05) is 6.07 Å². The summed E-state index contributed by atoms with van der Waals surface area (Å²) in [6.07, 6.45) is 0. The summed E-state index contributed by atoms with van der Waals surface area (Å²) in [5, 5.41) is 13.2. The molecule has 2 amide bonds. The number of carbonyl (C=O) groups excluding carboxylic acids is 2. The fourth-order valence-electron chi connectivity index (χ4n) is 1.20. The quantitative estimate of drug-likeness (QED) is 0.379. The molecule has 22 heavy (non-hydrogen) atoms. The smallest absolute Gasteiger partial charge is 0.322 e. The predicted molar refractivity (Wildman–Crippen MR) is 87.0 cm³/mol. The molecule has 0 aliphatic carbocycles. The number of hydrogen-bond donors (Lipinski definition) is 6. The third-order valence-corrected chi connectivity index (χ3v) is 2.41. The second-order valence-electron chi connectivity index (χ2n) is 3.94. The lowest BCUT2D eigenvalue weighted by Crippen LogP contribution is -2.29. The summed E-state index contributed by atoms with van der Waals surface area (Å²) in [6, 6.07) is 6.19. The van der Waals surface area contributed by atoms with E-state index < -0.39 is 18.4 Å². The topological polar surface area (TPSA) is 148 Å². The number of carboxylic acid groups (broad SMARTS) is 1. The zero-order valence-electron chi connectivity index (χ0n) is 11.9. The lowest BCUT2D eigenvalue weighted by Gasteiger charge is -2.06. The van der Waals surface area contributed by atoms with Gasteiger partial charge in [-0.25, -0.2) is 0 Å². The average molecular weight is 328 g/mol. The number of rotatable bonds is 6. The van der Waals surface area contributed by atoms with Gasteiger partial charge in [0.15, 0.2) is 0 Å². The molecule has 1 rings (SSSR count). The van der Waals surface area contributed by atoms with E-state index in [4.69, 9.17) is 16.6 Å². The van der Waals surface area contributed by atoms with Crippen LogP contribution in [0.4, 0.5) is 5.69 Å². The van der Waals surface area contributed by atoms with Gasteiger partial charge in [-0.15, -0.1) is 0 Å². The maximum Gasteiger partial charge on any atom is 0.322 e. The first-order valence-electron chi connectivity index (χ1n) is 6.35. The Morgan fingerprint density at radius 3 is 2.32 bits per heavy atom. The molecule has 0 saturated heterocycles. The van der Waals surface area contributed by atoms with Crippen LogP contribution in [0.15, 0.2) is 24.3 Å². The highest BCUT2D eigenvalue weighted by atomic mass is 32.1. The molecule has 9 heteroatoms. The highest BCUT2D eigenvalue weighted by Gasteiger charge is 2.08. The summed E-state index contributed by atoms with van der Waals surface area (Å²) in [5.74, 6) is -1.89. The van der Waals surface area contributed by atoms with Crippen molar-refractivity contribution in [3.63, 3.8) is 0 Å². The number of nitrogens with one attached hydrogen (secondary N) is 2. The van der Waals surface area contributed by atoms with Crippen molar-refractivity contribution >= 4 is 36.1 Å². The van der Waals surface area contributed by atoms with Crippen LogP contribution in [0.25, 0.3) is 0 Å². The molecule has 0 radical (unpaired) electrons. The second-order valence-corrected chi connectivity index (χ2v) is 4.26. The van der Waals surface area contributed by atoms with Crippen LogP contribution >= 0.6 is 12.6 Å². The van der Waals surface area contributed by atoms with Crippen molar-refractivity contribution < 1.29 is 19.5 Å². The van der Waals surface area contributed by atoms with E-state index in [9.17, 15) is 14.4 Å². The third-order valence-electron chi connectivity index (χ3n) is 2.12. The van der Waals surface area contributed by atoms with E-state index in [1.54, 1.807) is 12.1 Å². The molecular weight excluding hydrogens is 308 g/mol. The molecule has 0 aliphatic rings. The summed E-state index contributed by atoms with van der Waals surface area (Å²) in [5.41, 5.74) is 10.5. The van der Waals surface area contributed by atoms with Crippen LogP contribution in [0.3, 0.4) is 0 Å². The van der Waals surface area contributed by atoms with Gasteiger partial charge in [-0.2, -0.15) is 12.6 Å². The minimum atomic E-state index is -1.12. The molecule has 0 aromatic heterocycles. The van der Waals surface area contributed by atoms with Crippen LogP contribution < -0.4 is 22.1 Å². The zero-order chi connectivity index (χ0) is 17.0. The van der Waals surface area contributed by atoms with E-state index in [0.717, 1.165) is 0 Å². The number of thiol groups is 1. The van der Waals surface area contributed by atoms with E-state index >= 15 is 0 Å². The number of carboxylic acids is 1. The average Bonchev–Trinajstić information content (AvgIpc) is 2.52. The van der Waals surface area contributed by atoms with Crippen molar-refractivity contribution in [1.82, 2.24) is 5.32 Å². The first-order valence-corrected chi connectivity index (χ1v) is 6.98. The van der Waals surface area contributed by atoms with Gasteiger partial charge >= 0.3 is 5.97 Å². The lowest BCUT2D eigenvalue weighted by atomic mass is 10.2. The summed E-state index contributed by atoms with van der Waals surface area (Å²) in [4.78, 5) is 33.0.